The molecule has 0 saturated carbocycles. The summed E-state index contributed by atoms with van der Waals surface area (Å²) in [4.78, 5) is 4.15. The Kier molecular flexibility index (Phi) is 2.79. The van der Waals surface area contributed by atoms with Crippen molar-refractivity contribution in [2.75, 3.05) is 7.11 Å². The molecule has 71 valence electrons. The summed E-state index contributed by atoms with van der Waals surface area (Å²) in [6.07, 6.45) is 0.810. The zero-order chi connectivity index (χ0) is 9.80. The molecule has 2 rings (SSSR count). The van der Waals surface area contributed by atoms with Gasteiger partial charge in [0.1, 0.15) is 0 Å². The maximum atomic E-state index is 5.18. The van der Waals surface area contributed by atoms with E-state index in [1.54, 1.807) is 7.11 Å². The molecule has 1 aromatic heterocycles. The van der Waals surface area contributed by atoms with Crippen molar-refractivity contribution >= 4 is 11.3 Å². The zero-order valence-corrected chi connectivity index (χ0v) is 8.67. The summed E-state index contributed by atoms with van der Waals surface area (Å²) >= 11 is 1.41. The van der Waals surface area contributed by atoms with Crippen LogP contribution in [0.2, 0.25) is 0 Å². The van der Waals surface area contributed by atoms with E-state index in [2.05, 4.69) is 22.6 Å². The number of methoxy groups -OCH3 is 1. The molecule has 3 heteroatoms. The molecule has 0 fully saturated rings. The van der Waals surface area contributed by atoms with Gasteiger partial charge in [-0.3, -0.25) is 0 Å². The van der Waals surface area contributed by atoms with Gasteiger partial charge in [-0.1, -0.05) is 41.7 Å². The Morgan fingerprint density at radius 1 is 1.36 bits per heavy atom. The van der Waals surface area contributed by atoms with E-state index in [0.29, 0.717) is 0 Å². The first-order valence-electron chi connectivity index (χ1n) is 4.34. The molecule has 1 aromatic carbocycles. The molecular weight excluding hydrogens is 194 g/mol. The first kappa shape index (κ1) is 9.21. The molecule has 1 radical (unpaired) electrons. The van der Waals surface area contributed by atoms with Crippen molar-refractivity contribution in [2.45, 2.75) is 6.42 Å². The van der Waals surface area contributed by atoms with Gasteiger partial charge in [0.2, 0.25) is 0 Å². The number of thiazole rings is 1. The minimum atomic E-state index is 0.810. The van der Waals surface area contributed by atoms with E-state index in [1.165, 1.54) is 16.9 Å². The molecule has 0 bridgehead atoms. The highest BCUT2D eigenvalue weighted by Crippen LogP contribution is 2.24. The Hall–Kier alpha value is -1.35. The minimum Gasteiger partial charge on any atom is -0.486 e. The standard InChI is InChI=1S/C11H10NOS/c1-13-11-10(12-8-14-11)7-9-5-3-2-4-6-9/h2-6H,7H2,1H3. The quantitative estimate of drug-likeness (QED) is 0.766. The second kappa shape index (κ2) is 4.24. The lowest BCUT2D eigenvalue weighted by Crippen LogP contribution is -1.91. The maximum Gasteiger partial charge on any atom is 0.197 e. The third kappa shape index (κ3) is 1.93. The molecule has 0 amide bonds. The van der Waals surface area contributed by atoms with Crippen molar-refractivity contribution in [3.63, 3.8) is 0 Å². The Labute approximate surface area is 87.2 Å². The van der Waals surface area contributed by atoms with Crippen LogP contribution >= 0.6 is 11.3 Å². The van der Waals surface area contributed by atoms with E-state index >= 15 is 0 Å². The van der Waals surface area contributed by atoms with Crippen molar-refractivity contribution < 1.29 is 4.74 Å². The van der Waals surface area contributed by atoms with Crippen molar-refractivity contribution in [1.82, 2.24) is 4.98 Å². The highest BCUT2D eigenvalue weighted by Gasteiger charge is 2.06. The summed E-state index contributed by atoms with van der Waals surface area (Å²) in [6, 6.07) is 10.2. The van der Waals surface area contributed by atoms with Gasteiger partial charge in [0, 0.05) is 6.42 Å². The van der Waals surface area contributed by atoms with E-state index in [9.17, 15) is 0 Å². The second-order valence-electron chi connectivity index (χ2n) is 2.91. The van der Waals surface area contributed by atoms with Crippen LogP contribution in [0.15, 0.2) is 30.3 Å². The van der Waals surface area contributed by atoms with Crippen LogP contribution in [0.4, 0.5) is 0 Å². The Morgan fingerprint density at radius 2 is 2.14 bits per heavy atom. The lowest BCUT2D eigenvalue weighted by Gasteiger charge is -2.00. The topological polar surface area (TPSA) is 22.1 Å². The van der Waals surface area contributed by atoms with E-state index in [-0.39, 0.29) is 0 Å². The van der Waals surface area contributed by atoms with Gasteiger partial charge in [0.15, 0.2) is 10.6 Å². The molecule has 0 saturated heterocycles. The molecule has 0 unspecified atom stereocenters. The van der Waals surface area contributed by atoms with Crippen LogP contribution in [-0.4, -0.2) is 12.1 Å². The molecular formula is C11H10NOS. The van der Waals surface area contributed by atoms with Gasteiger partial charge in [-0.25, -0.2) is 4.98 Å². The first-order valence-corrected chi connectivity index (χ1v) is 5.15. The predicted molar refractivity (Wildman–Crippen MR) is 56.8 cm³/mol. The summed E-state index contributed by atoms with van der Waals surface area (Å²) in [7, 11) is 1.66. The van der Waals surface area contributed by atoms with Crippen LogP contribution in [-0.2, 0) is 6.42 Å². The fourth-order valence-corrected chi connectivity index (χ4v) is 1.84. The minimum absolute atomic E-state index is 0.810. The van der Waals surface area contributed by atoms with Gasteiger partial charge >= 0.3 is 0 Å². The van der Waals surface area contributed by atoms with Crippen LogP contribution in [0, 0.1) is 5.51 Å². The van der Waals surface area contributed by atoms with Crippen LogP contribution in [0.25, 0.3) is 0 Å². The van der Waals surface area contributed by atoms with E-state index in [0.717, 1.165) is 17.2 Å². The van der Waals surface area contributed by atoms with Gasteiger partial charge in [0.05, 0.1) is 12.8 Å². The fraction of sp³-hybridized carbons (Fsp3) is 0.182. The maximum absolute atomic E-state index is 5.18. The van der Waals surface area contributed by atoms with Crippen molar-refractivity contribution in [3.05, 3.63) is 47.1 Å². The highest BCUT2D eigenvalue weighted by molar-refractivity contribution is 7.11. The Morgan fingerprint density at radius 3 is 2.86 bits per heavy atom. The van der Waals surface area contributed by atoms with E-state index in [1.807, 2.05) is 18.2 Å². The number of hydrogen-bond acceptors (Lipinski definition) is 3. The molecule has 0 aliphatic heterocycles. The largest absolute Gasteiger partial charge is 0.486 e. The monoisotopic (exact) mass is 204 g/mol. The third-order valence-electron chi connectivity index (χ3n) is 1.95. The smallest absolute Gasteiger partial charge is 0.197 e. The second-order valence-corrected chi connectivity index (χ2v) is 3.66. The molecule has 1 heterocycles. The van der Waals surface area contributed by atoms with Crippen LogP contribution in [0.3, 0.4) is 0 Å². The Bertz CT molecular complexity index is 397. The number of benzene rings is 1. The van der Waals surface area contributed by atoms with Gasteiger partial charge in [-0.05, 0) is 5.56 Å². The summed E-state index contributed by atoms with van der Waals surface area (Å²) in [5, 5.41) is 0.855. The number of hydrogen-bond donors (Lipinski definition) is 0. The van der Waals surface area contributed by atoms with Crippen molar-refractivity contribution in [3.8, 4) is 5.06 Å². The Balaban J connectivity index is 2.19. The lowest BCUT2D eigenvalue weighted by atomic mass is 10.1. The average Bonchev–Trinajstić information content (AvgIpc) is 2.67. The number of nitrogens with zero attached hydrogens (tertiary/aromatic N) is 1. The normalized spacial score (nSPS) is 10.1. The summed E-state index contributed by atoms with van der Waals surface area (Å²) in [6.45, 7) is 0. The number of rotatable bonds is 3. The van der Waals surface area contributed by atoms with E-state index in [4.69, 9.17) is 4.74 Å². The highest BCUT2D eigenvalue weighted by atomic mass is 32.1. The van der Waals surface area contributed by atoms with Gasteiger partial charge < -0.3 is 4.74 Å². The van der Waals surface area contributed by atoms with Crippen molar-refractivity contribution in [2.24, 2.45) is 0 Å². The molecule has 0 spiro atoms. The van der Waals surface area contributed by atoms with E-state index < -0.39 is 0 Å². The SMILES string of the molecule is COc1s[c]nc1Cc1ccccc1. The van der Waals surface area contributed by atoms with Crippen molar-refractivity contribution in [1.29, 1.82) is 0 Å². The molecule has 0 atom stereocenters. The molecule has 2 aromatic rings. The van der Waals surface area contributed by atoms with Gasteiger partial charge in [0.25, 0.3) is 0 Å². The van der Waals surface area contributed by atoms with Crippen LogP contribution in [0.5, 0.6) is 5.06 Å². The molecule has 0 aliphatic carbocycles. The van der Waals surface area contributed by atoms with Gasteiger partial charge in [-0.15, -0.1) is 0 Å². The molecule has 14 heavy (non-hydrogen) atoms. The van der Waals surface area contributed by atoms with Crippen LogP contribution in [0.1, 0.15) is 11.3 Å². The molecule has 2 nitrogen and oxygen atoms in total. The number of ether oxygens (including phenoxy) is 1. The molecule has 0 N–H and O–H groups in total. The predicted octanol–water partition coefficient (Wildman–Crippen LogP) is 2.54. The summed E-state index contributed by atoms with van der Waals surface area (Å²) in [5.74, 6) is 0. The van der Waals surface area contributed by atoms with Gasteiger partial charge in [-0.2, -0.15) is 0 Å². The van der Waals surface area contributed by atoms with Crippen LogP contribution < -0.4 is 4.74 Å². The fourth-order valence-electron chi connectivity index (χ4n) is 1.28. The first-order chi connectivity index (χ1) is 6.90. The molecule has 0 aliphatic rings. The number of aromatic nitrogens is 1. The lowest BCUT2D eigenvalue weighted by molar-refractivity contribution is 0.421. The zero-order valence-electron chi connectivity index (χ0n) is 7.86. The summed E-state index contributed by atoms with van der Waals surface area (Å²) < 4.78 is 5.18. The summed E-state index contributed by atoms with van der Waals surface area (Å²) in [5.41, 5.74) is 5.04. The third-order valence-corrected chi connectivity index (χ3v) is 2.72. The average molecular weight is 204 g/mol.